The van der Waals surface area contributed by atoms with Gasteiger partial charge < -0.3 is 47.4 Å². The van der Waals surface area contributed by atoms with Crippen molar-refractivity contribution in [3.63, 3.8) is 0 Å². The normalized spacial score (nSPS) is 40.6. The fourth-order valence-corrected chi connectivity index (χ4v) is 8.22. The molecule has 7 fully saturated rings. The van der Waals surface area contributed by atoms with Gasteiger partial charge >= 0.3 is 29.8 Å². The summed E-state index contributed by atoms with van der Waals surface area (Å²) < 4.78 is 59.8. The number of hydrogen-bond acceptors (Lipinski definition) is 15. The molecule has 3 saturated carbocycles. The molecule has 3 aliphatic carbocycles. The summed E-state index contributed by atoms with van der Waals surface area (Å²) >= 11 is 0. The molecule has 0 N–H and O–H groups in total. The van der Waals surface area contributed by atoms with E-state index in [4.69, 9.17) is 47.4 Å². The number of methoxy groups -OCH3 is 1. The summed E-state index contributed by atoms with van der Waals surface area (Å²) in [4.78, 5) is 61.9. The predicted octanol–water partition coefficient (Wildman–Crippen LogP) is 1.58. The van der Waals surface area contributed by atoms with Crippen molar-refractivity contribution in [1.82, 2.24) is 0 Å². The molecule has 0 spiro atoms. The second-order valence-corrected chi connectivity index (χ2v) is 12.7. The van der Waals surface area contributed by atoms with E-state index in [1.165, 1.54) is 6.92 Å². The number of benzene rings is 1. The minimum absolute atomic E-state index is 0.179. The summed E-state index contributed by atoms with van der Waals surface area (Å²) in [5.41, 5.74) is -3.10. The van der Waals surface area contributed by atoms with Crippen LogP contribution < -0.4 is 0 Å². The SMILES string of the molecule is CO[C@]12C[C@]3(C)O[C@H](O1)[C@]1(COC(=O)c4ccccc4)[C@H]2C[C@@]13O[C@@H]1O[C@H](COC(C)=O)[C@@H](OC(C)=O)[C@H](OC(C)=O)[C@H]1OC(C)=O. The fourth-order valence-electron chi connectivity index (χ4n) is 8.22. The third-order valence-electron chi connectivity index (χ3n) is 9.99. The van der Waals surface area contributed by atoms with Crippen molar-refractivity contribution in [3.8, 4) is 0 Å². The van der Waals surface area contributed by atoms with Crippen LogP contribution in [0.2, 0.25) is 0 Å². The Balaban J connectivity index is 1.39. The molecule has 1 aromatic rings. The highest BCUT2D eigenvalue weighted by Crippen LogP contribution is 2.82. The summed E-state index contributed by atoms with van der Waals surface area (Å²) in [5.74, 6) is -4.88. The first kappa shape index (κ1) is 33.3. The summed E-state index contributed by atoms with van der Waals surface area (Å²) in [7, 11) is 1.54. The van der Waals surface area contributed by atoms with Crippen LogP contribution in [0.15, 0.2) is 30.3 Å². The number of carbonyl (C=O) groups excluding carboxylic acids is 5. The molecular weight excluding hydrogens is 624 g/mol. The van der Waals surface area contributed by atoms with E-state index in [-0.39, 0.29) is 18.9 Å². The van der Waals surface area contributed by atoms with E-state index in [2.05, 4.69) is 0 Å². The predicted molar refractivity (Wildman–Crippen MR) is 152 cm³/mol. The van der Waals surface area contributed by atoms with Gasteiger partial charge in [-0.25, -0.2) is 4.79 Å². The van der Waals surface area contributed by atoms with Gasteiger partial charge in [-0.05, 0) is 25.5 Å². The maximum Gasteiger partial charge on any atom is 0.338 e. The molecule has 1 aromatic carbocycles. The van der Waals surface area contributed by atoms with Crippen molar-refractivity contribution in [2.75, 3.05) is 20.3 Å². The molecule has 11 atom stereocenters. The average molecular weight is 663 g/mol. The molecule has 0 radical (unpaired) electrons. The molecule has 4 heterocycles. The van der Waals surface area contributed by atoms with Crippen LogP contribution >= 0.6 is 0 Å². The molecule has 47 heavy (non-hydrogen) atoms. The van der Waals surface area contributed by atoms with E-state index < -0.39 is 95.9 Å². The van der Waals surface area contributed by atoms with Gasteiger partial charge in [0.1, 0.15) is 30.5 Å². The van der Waals surface area contributed by atoms with Gasteiger partial charge in [0.05, 0.1) is 11.0 Å². The van der Waals surface area contributed by atoms with Gasteiger partial charge in [0, 0.05) is 47.1 Å². The van der Waals surface area contributed by atoms with Crippen LogP contribution in [0, 0.1) is 11.3 Å². The minimum Gasteiger partial charge on any atom is -0.463 e. The molecule has 8 rings (SSSR count). The van der Waals surface area contributed by atoms with Crippen molar-refractivity contribution >= 4 is 29.8 Å². The van der Waals surface area contributed by atoms with Gasteiger partial charge in [-0.15, -0.1) is 0 Å². The maximum atomic E-state index is 13.1. The summed E-state index contributed by atoms with van der Waals surface area (Å²) in [5, 5.41) is 0. The van der Waals surface area contributed by atoms with Crippen LogP contribution in [0.3, 0.4) is 0 Å². The third kappa shape index (κ3) is 5.10. The van der Waals surface area contributed by atoms with Crippen LogP contribution in [0.1, 0.15) is 57.8 Å². The van der Waals surface area contributed by atoms with E-state index >= 15 is 0 Å². The summed E-state index contributed by atoms with van der Waals surface area (Å²) in [6, 6.07) is 8.49. The van der Waals surface area contributed by atoms with Crippen molar-refractivity contribution in [1.29, 1.82) is 0 Å². The van der Waals surface area contributed by atoms with Gasteiger partial charge in [0.15, 0.2) is 36.7 Å². The monoisotopic (exact) mass is 662 g/mol. The Bertz CT molecular complexity index is 1450. The summed E-state index contributed by atoms with van der Waals surface area (Å²) in [6.07, 6.45) is -7.28. The van der Waals surface area contributed by atoms with Crippen LogP contribution in [0.5, 0.6) is 0 Å². The highest BCUT2D eigenvalue weighted by Gasteiger charge is 2.95. The van der Waals surface area contributed by atoms with Crippen molar-refractivity contribution in [2.45, 2.75) is 101 Å². The molecule has 15 heteroatoms. The lowest BCUT2D eigenvalue weighted by atomic mass is 9.41. The second kappa shape index (κ2) is 11.8. The smallest absolute Gasteiger partial charge is 0.338 e. The standard InChI is InChI=1S/C32H38O15/c1-16(33)39-13-21-23(41-17(2)34)24(42-18(3)35)25(43-19(4)36)27(44-21)45-32-12-22-30(32,15-40-26(37)20-10-8-7-9-11-20)28-46-29(32,5)14-31(22,38-6)47-28/h7-11,21-25,27-28H,12-15H2,1-6H3/t21-,22-,23-,24+,25-,27+,28-,29+,30+,31-,32+/m1/s1. The van der Waals surface area contributed by atoms with E-state index in [1.54, 1.807) is 37.4 Å². The molecule has 4 saturated heterocycles. The molecule has 256 valence electrons. The first-order valence-corrected chi connectivity index (χ1v) is 15.3. The van der Waals surface area contributed by atoms with Crippen LogP contribution in [-0.4, -0.2) is 104 Å². The summed E-state index contributed by atoms with van der Waals surface area (Å²) in [6.45, 7) is 5.85. The zero-order valence-corrected chi connectivity index (χ0v) is 26.9. The zero-order valence-electron chi connectivity index (χ0n) is 26.9. The quantitative estimate of drug-likeness (QED) is 0.246. The lowest BCUT2D eigenvalue weighted by Gasteiger charge is -2.68. The molecule has 7 aliphatic rings. The van der Waals surface area contributed by atoms with Crippen molar-refractivity contribution < 1.29 is 71.3 Å². The second-order valence-electron chi connectivity index (χ2n) is 12.7. The van der Waals surface area contributed by atoms with E-state index in [1.807, 2.05) is 6.92 Å². The minimum atomic E-state index is -1.48. The Morgan fingerprint density at radius 2 is 1.47 bits per heavy atom. The average Bonchev–Trinajstić information content (AvgIpc) is 3.21. The van der Waals surface area contributed by atoms with Gasteiger partial charge in [-0.3, -0.25) is 19.2 Å². The number of rotatable bonds is 11. The van der Waals surface area contributed by atoms with Gasteiger partial charge in [-0.1, -0.05) is 18.2 Å². The fraction of sp³-hybridized carbons (Fsp3) is 0.656. The molecule has 15 nitrogen and oxygen atoms in total. The van der Waals surface area contributed by atoms with Crippen LogP contribution in [0.4, 0.5) is 0 Å². The first-order chi connectivity index (χ1) is 22.2. The molecule has 4 aliphatic heterocycles. The molecular formula is C32H38O15. The lowest BCUT2D eigenvalue weighted by molar-refractivity contribution is -0.427. The number of hydrogen-bond donors (Lipinski definition) is 0. The highest BCUT2D eigenvalue weighted by atomic mass is 16.8. The Morgan fingerprint density at radius 3 is 2.09 bits per heavy atom. The Labute approximate surface area is 270 Å². The zero-order chi connectivity index (χ0) is 33.9. The van der Waals surface area contributed by atoms with E-state index in [0.29, 0.717) is 12.0 Å². The molecule has 0 aromatic heterocycles. The van der Waals surface area contributed by atoms with Gasteiger partial charge in [0.2, 0.25) is 0 Å². The molecule has 6 bridgehead atoms. The van der Waals surface area contributed by atoms with Crippen molar-refractivity contribution in [2.24, 2.45) is 11.3 Å². The number of carbonyl (C=O) groups is 5. The molecule has 0 unspecified atom stereocenters. The topological polar surface area (TPSA) is 178 Å². The Morgan fingerprint density at radius 1 is 0.830 bits per heavy atom. The van der Waals surface area contributed by atoms with Gasteiger partial charge in [0.25, 0.3) is 0 Å². The number of ether oxygens (including phenoxy) is 10. The molecule has 0 amide bonds. The highest BCUT2D eigenvalue weighted by molar-refractivity contribution is 5.89. The van der Waals surface area contributed by atoms with Gasteiger partial charge in [-0.2, -0.15) is 0 Å². The van der Waals surface area contributed by atoms with Crippen LogP contribution in [0.25, 0.3) is 0 Å². The van der Waals surface area contributed by atoms with Crippen LogP contribution in [-0.2, 0) is 66.5 Å². The lowest BCUT2D eigenvalue weighted by Crippen LogP contribution is -2.81. The van der Waals surface area contributed by atoms with Crippen molar-refractivity contribution in [3.05, 3.63) is 35.9 Å². The third-order valence-corrected chi connectivity index (χ3v) is 9.99. The van der Waals surface area contributed by atoms with E-state index in [9.17, 15) is 24.0 Å². The largest absolute Gasteiger partial charge is 0.463 e. The maximum absolute atomic E-state index is 13.1. The number of esters is 5. The first-order valence-electron chi connectivity index (χ1n) is 15.3. The van der Waals surface area contributed by atoms with E-state index in [0.717, 1.165) is 20.8 Å². The Kier molecular flexibility index (Phi) is 8.36. The Hall–Kier alpha value is -3.63.